The Bertz CT molecular complexity index is 488. The minimum absolute atomic E-state index is 0.0213. The molecule has 4 nitrogen and oxygen atoms in total. The van der Waals surface area contributed by atoms with Gasteiger partial charge in [0.1, 0.15) is 5.75 Å². The highest BCUT2D eigenvalue weighted by molar-refractivity contribution is 5.93. The highest BCUT2D eigenvalue weighted by Gasteiger charge is 2.13. The van der Waals surface area contributed by atoms with Gasteiger partial charge in [-0.05, 0) is 37.3 Å². The molecule has 1 amide bonds. The SMILES string of the molecule is CCCCCCCC(CO)CCC(=O)Nc1c(C)cccc1OC. The topological polar surface area (TPSA) is 58.6 Å². The highest BCUT2D eigenvalue weighted by Crippen LogP contribution is 2.28. The van der Waals surface area contributed by atoms with E-state index in [0.29, 0.717) is 12.2 Å². The zero-order valence-electron chi connectivity index (χ0n) is 15.4. The molecule has 0 aliphatic carbocycles. The van der Waals surface area contributed by atoms with Crippen LogP contribution in [0.1, 0.15) is 63.9 Å². The van der Waals surface area contributed by atoms with E-state index in [9.17, 15) is 9.90 Å². The van der Waals surface area contributed by atoms with Gasteiger partial charge in [-0.15, -0.1) is 0 Å². The monoisotopic (exact) mass is 335 g/mol. The number of nitrogens with one attached hydrogen (secondary N) is 1. The Hall–Kier alpha value is -1.55. The van der Waals surface area contributed by atoms with Crippen LogP contribution in [0.4, 0.5) is 5.69 Å². The number of anilines is 1. The molecular formula is C20H33NO3. The fraction of sp³-hybridized carbons (Fsp3) is 0.650. The van der Waals surface area contributed by atoms with Crippen molar-refractivity contribution >= 4 is 11.6 Å². The smallest absolute Gasteiger partial charge is 0.224 e. The molecule has 1 aromatic carbocycles. The molecule has 0 bridgehead atoms. The molecule has 1 rings (SSSR count). The van der Waals surface area contributed by atoms with Crippen LogP contribution in [0.2, 0.25) is 0 Å². The molecule has 0 aliphatic rings. The van der Waals surface area contributed by atoms with E-state index in [0.717, 1.165) is 30.5 Å². The third kappa shape index (κ3) is 7.35. The van der Waals surface area contributed by atoms with Crippen molar-refractivity contribution in [1.29, 1.82) is 0 Å². The van der Waals surface area contributed by atoms with E-state index < -0.39 is 0 Å². The van der Waals surface area contributed by atoms with Gasteiger partial charge in [0.25, 0.3) is 0 Å². The first-order chi connectivity index (χ1) is 11.6. The first-order valence-electron chi connectivity index (χ1n) is 9.16. The summed E-state index contributed by atoms with van der Waals surface area (Å²) in [4.78, 5) is 12.2. The number of unbranched alkanes of at least 4 members (excludes halogenated alkanes) is 4. The molecule has 1 atom stereocenters. The molecule has 0 saturated heterocycles. The second-order valence-corrected chi connectivity index (χ2v) is 6.49. The number of hydrogen-bond acceptors (Lipinski definition) is 3. The van der Waals surface area contributed by atoms with Crippen LogP contribution in [0.3, 0.4) is 0 Å². The number of carbonyl (C=O) groups excluding carboxylic acids is 1. The van der Waals surface area contributed by atoms with Crippen LogP contribution in [0.25, 0.3) is 0 Å². The minimum atomic E-state index is -0.0213. The Morgan fingerprint density at radius 2 is 1.96 bits per heavy atom. The predicted molar refractivity (Wildman–Crippen MR) is 99.5 cm³/mol. The molecule has 0 heterocycles. The number of methoxy groups -OCH3 is 1. The molecule has 1 aromatic rings. The standard InChI is InChI=1S/C20H33NO3/c1-4-5-6-7-8-11-17(15-22)13-14-19(23)21-20-16(2)10-9-12-18(20)24-3/h9-10,12,17,22H,4-8,11,13-15H2,1-3H3,(H,21,23). The van der Waals surface area contributed by atoms with Gasteiger partial charge in [-0.25, -0.2) is 0 Å². The summed E-state index contributed by atoms with van der Waals surface area (Å²) in [6.07, 6.45) is 8.30. The van der Waals surface area contributed by atoms with Crippen LogP contribution >= 0.6 is 0 Å². The summed E-state index contributed by atoms with van der Waals surface area (Å²) < 4.78 is 5.30. The quantitative estimate of drug-likeness (QED) is 0.545. The van der Waals surface area contributed by atoms with E-state index >= 15 is 0 Å². The number of ether oxygens (including phenoxy) is 1. The molecule has 24 heavy (non-hydrogen) atoms. The van der Waals surface area contributed by atoms with Gasteiger partial charge >= 0.3 is 0 Å². The number of aliphatic hydroxyl groups excluding tert-OH is 1. The summed E-state index contributed by atoms with van der Waals surface area (Å²) in [5, 5.41) is 12.5. The summed E-state index contributed by atoms with van der Waals surface area (Å²) in [6, 6.07) is 5.70. The molecule has 1 unspecified atom stereocenters. The van der Waals surface area contributed by atoms with Crippen molar-refractivity contribution in [3.05, 3.63) is 23.8 Å². The largest absolute Gasteiger partial charge is 0.495 e. The zero-order chi connectivity index (χ0) is 17.8. The molecule has 0 saturated carbocycles. The van der Waals surface area contributed by atoms with Crippen LogP contribution in [0.15, 0.2) is 18.2 Å². The zero-order valence-corrected chi connectivity index (χ0v) is 15.4. The first kappa shape index (κ1) is 20.5. The van der Waals surface area contributed by atoms with Gasteiger partial charge in [-0.1, -0.05) is 51.2 Å². The number of amides is 1. The molecule has 0 spiro atoms. The van der Waals surface area contributed by atoms with Crippen molar-refractivity contribution in [1.82, 2.24) is 0 Å². The second kappa shape index (κ2) is 11.9. The van der Waals surface area contributed by atoms with Gasteiger partial charge in [0.2, 0.25) is 5.91 Å². The number of rotatable bonds is 12. The Balaban J connectivity index is 2.39. The maximum atomic E-state index is 12.2. The number of para-hydroxylation sites is 1. The third-order valence-corrected chi connectivity index (χ3v) is 4.47. The Morgan fingerprint density at radius 3 is 2.62 bits per heavy atom. The van der Waals surface area contributed by atoms with Crippen molar-refractivity contribution in [3.8, 4) is 5.75 Å². The molecule has 136 valence electrons. The number of carbonyl (C=O) groups is 1. The molecule has 0 aromatic heterocycles. The van der Waals surface area contributed by atoms with E-state index in [-0.39, 0.29) is 18.4 Å². The van der Waals surface area contributed by atoms with Crippen molar-refractivity contribution in [2.45, 2.75) is 65.2 Å². The predicted octanol–water partition coefficient (Wildman–Crippen LogP) is 4.69. The number of aliphatic hydroxyl groups is 1. The third-order valence-electron chi connectivity index (χ3n) is 4.47. The molecule has 4 heteroatoms. The minimum Gasteiger partial charge on any atom is -0.495 e. The van der Waals surface area contributed by atoms with Crippen molar-refractivity contribution < 1.29 is 14.6 Å². The number of hydrogen-bond donors (Lipinski definition) is 2. The maximum Gasteiger partial charge on any atom is 0.224 e. The highest BCUT2D eigenvalue weighted by atomic mass is 16.5. The van der Waals surface area contributed by atoms with Gasteiger partial charge < -0.3 is 15.2 Å². The van der Waals surface area contributed by atoms with Gasteiger partial charge in [-0.3, -0.25) is 4.79 Å². The summed E-state index contributed by atoms with van der Waals surface area (Å²) in [7, 11) is 1.60. The lowest BCUT2D eigenvalue weighted by Gasteiger charge is -2.15. The van der Waals surface area contributed by atoms with Gasteiger partial charge in [0.05, 0.1) is 12.8 Å². The van der Waals surface area contributed by atoms with Gasteiger partial charge in [0.15, 0.2) is 0 Å². The summed E-state index contributed by atoms with van der Waals surface area (Å²) >= 11 is 0. The van der Waals surface area contributed by atoms with Gasteiger partial charge in [0, 0.05) is 13.0 Å². The normalized spacial score (nSPS) is 12.0. The number of aryl methyl sites for hydroxylation is 1. The van der Waals surface area contributed by atoms with Crippen LogP contribution in [-0.2, 0) is 4.79 Å². The summed E-state index contributed by atoms with van der Waals surface area (Å²) in [6.45, 7) is 4.32. The number of benzene rings is 1. The molecule has 0 radical (unpaired) electrons. The van der Waals surface area contributed by atoms with Crippen molar-refractivity contribution in [2.75, 3.05) is 19.0 Å². The van der Waals surface area contributed by atoms with E-state index in [2.05, 4.69) is 12.2 Å². The average Bonchev–Trinajstić information content (AvgIpc) is 2.59. The summed E-state index contributed by atoms with van der Waals surface area (Å²) in [5.41, 5.74) is 1.72. The molecule has 2 N–H and O–H groups in total. The maximum absolute atomic E-state index is 12.2. The average molecular weight is 335 g/mol. The van der Waals surface area contributed by atoms with Gasteiger partial charge in [-0.2, -0.15) is 0 Å². The Labute approximate surface area is 146 Å². The van der Waals surface area contributed by atoms with E-state index in [4.69, 9.17) is 4.74 Å². The second-order valence-electron chi connectivity index (χ2n) is 6.49. The lowest BCUT2D eigenvalue weighted by molar-refractivity contribution is -0.116. The summed E-state index contributed by atoms with van der Waals surface area (Å²) in [5.74, 6) is 0.876. The van der Waals surface area contributed by atoms with E-state index in [1.165, 1.54) is 25.7 Å². The lowest BCUT2D eigenvalue weighted by Crippen LogP contribution is -2.16. The molecule has 0 fully saturated rings. The fourth-order valence-electron chi connectivity index (χ4n) is 2.87. The van der Waals surface area contributed by atoms with Crippen molar-refractivity contribution in [3.63, 3.8) is 0 Å². The van der Waals surface area contributed by atoms with Crippen LogP contribution in [0.5, 0.6) is 5.75 Å². The molecular weight excluding hydrogens is 302 g/mol. The fourth-order valence-corrected chi connectivity index (χ4v) is 2.87. The Morgan fingerprint density at radius 1 is 1.21 bits per heavy atom. The lowest BCUT2D eigenvalue weighted by atomic mass is 9.96. The van der Waals surface area contributed by atoms with Crippen LogP contribution < -0.4 is 10.1 Å². The van der Waals surface area contributed by atoms with Crippen LogP contribution in [0, 0.1) is 12.8 Å². The van der Waals surface area contributed by atoms with E-state index in [1.54, 1.807) is 7.11 Å². The van der Waals surface area contributed by atoms with Crippen LogP contribution in [-0.4, -0.2) is 24.7 Å². The Kier molecular flexibility index (Phi) is 10.2. The van der Waals surface area contributed by atoms with E-state index in [1.807, 2.05) is 25.1 Å². The first-order valence-corrected chi connectivity index (χ1v) is 9.16. The molecule has 0 aliphatic heterocycles. The van der Waals surface area contributed by atoms with Crippen molar-refractivity contribution in [2.24, 2.45) is 5.92 Å².